The number of hydrogen-bond acceptors (Lipinski definition) is 5. The Morgan fingerprint density at radius 2 is 1.89 bits per heavy atom. The molecule has 2 rings (SSSR count). The fourth-order valence-electron chi connectivity index (χ4n) is 3.07. The molecule has 1 aliphatic carbocycles. The Labute approximate surface area is 164 Å². The van der Waals surface area contributed by atoms with Crippen LogP contribution in [-0.2, 0) is 14.3 Å². The summed E-state index contributed by atoms with van der Waals surface area (Å²) in [6, 6.07) is 8.44. The fraction of sp³-hybridized carbons (Fsp3) is 0.429. The van der Waals surface area contributed by atoms with E-state index in [4.69, 9.17) is 10.00 Å². The van der Waals surface area contributed by atoms with Crippen molar-refractivity contribution in [2.75, 3.05) is 6.61 Å². The summed E-state index contributed by atoms with van der Waals surface area (Å²) in [4.78, 5) is 35.8. The van der Waals surface area contributed by atoms with E-state index in [2.05, 4.69) is 17.6 Å². The van der Waals surface area contributed by atoms with Gasteiger partial charge in [0.1, 0.15) is 11.6 Å². The predicted molar refractivity (Wildman–Crippen MR) is 104 cm³/mol. The molecule has 0 spiro atoms. The van der Waals surface area contributed by atoms with Crippen molar-refractivity contribution in [1.29, 1.82) is 5.26 Å². The molecule has 7 nitrogen and oxygen atoms in total. The van der Waals surface area contributed by atoms with Crippen LogP contribution in [0.3, 0.4) is 0 Å². The Bertz CT molecular complexity index is 793. The second-order valence-electron chi connectivity index (χ2n) is 7.05. The van der Waals surface area contributed by atoms with Crippen LogP contribution in [0.2, 0.25) is 0 Å². The Hall–Kier alpha value is -3.14. The van der Waals surface area contributed by atoms with Crippen LogP contribution >= 0.6 is 0 Å². The van der Waals surface area contributed by atoms with Gasteiger partial charge in [0.2, 0.25) is 0 Å². The number of nitriles is 1. The molecule has 0 aliphatic heterocycles. The number of carbonyl (C=O) groups excluding carboxylic acids is 3. The number of ether oxygens (including phenoxy) is 1. The first-order chi connectivity index (χ1) is 13.4. The average molecular weight is 383 g/mol. The van der Waals surface area contributed by atoms with Crippen molar-refractivity contribution in [1.82, 2.24) is 10.6 Å². The summed E-state index contributed by atoms with van der Waals surface area (Å²) < 4.78 is 4.84. The third-order valence-electron chi connectivity index (χ3n) is 4.74. The minimum atomic E-state index is -0.917. The lowest BCUT2D eigenvalue weighted by atomic mass is 9.86. The SMILES string of the molecule is Cc1ccc(/C=C(\C#N)C(=O)OCC(=O)NC(=O)N[C@H]2CCCC[C@H]2C)cc1. The van der Waals surface area contributed by atoms with Crippen LogP contribution in [0.25, 0.3) is 6.08 Å². The summed E-state index contributed by atoms with van der Waals surface area (Å²) in [5, 5.41) is 14.1. The molecule has 0 aromatic heterocycles. The zero-order valence-corrected chi connectivity index (χ0v) is 16.2. The molecule has 2 N–H and O–H groups in total. The van der Waals surface area contributed by atoms with Gasteiger partial charge < -0.3 is 10.1 Å². The van der Waals surface area contributed by atoms with Crippen molar-refractivity contribution in [3.8, 4) is 6.07 Å². The summed E-state index contributed by atoms with van der Waals surface area (Å²) in [7, 11) is 0. The van der Waals surface area contributed by atoms with E-state index in [-0.39, 0.29) is 11.6 Å². The lowest BCUT2D eigenvalue weighted by molar-refractivity contribution is -0.144. The maximum atomic E-state index is 12.0. The highest BCUT2D eigenvalue weighted by atomic mass is 16.5. The highest BCUT2D eigenvalue weighted by Gasteiger charge is 2.23. The van der Waals surface area contributed by atoms with E-state index >= 15 is 0 Å². The molecule has 148 valence electrons. The summed E-state index contributed by atoms with van der Waals surface area (Å²) in [5.74, 6) is -1.31. The molecule has 0 heterocycles. The van der Waals surface area contributed by atoms with Gasteiger partial charge in [0, 0.05) is 6.04 Å². The summed E-state index contributed by atoms with van der Waals surface area (Å²) in [6.07, 6.45) is 5.50. The van der Waals surface area contributed by atoms with Gasteiger partial charge in [0.15, 0.2) is 6.61 Å². The number of nitrogens with one attached hydrogen (secondary N) is 2. The predicted octanol–water partition coefficient (Wildman–Crippen LogP) is 2.85. The molecular weight excluding hydrogens is 358 g/mol. The van der Waals surface area contributed by atoms with Crippen LogP contribution in [0.4, 0.5) is 4.79 Å². The van der Waals surface area contributed by atoms with Gasteiger partial charge in [-0.05, 0) is 37.3 Å². The smallest absolute Gasteiger partial charge is 0.349 e. The summed E-state index contributed by atoms with van der Waals surface area (Å²) >= 11 is 0. The lowest BCUT2D eigenvalue weighted by Crippen LogP contribution is -2.48. The number of nitrogens with zero attached hydrogens (tertiary/aromatic N) is 1. The van der Waals surface area contributed by atoms with E-state index in [0.29, 0.717) is 11.5 Å². The van der Waals surface area contributed by atoms with Crippen molar-refractivity contribution >= 4 is 24.0 Å². The van der Waals surface area contributed by atoms with Gasteiger partial charge in [-0.2, -0.15) is 5.26 Å². The normalized spacial score (nSPS) is 19.2. The Morgan fingerprint density at radius 1 is 1.21 bits per heavy atom. The second-order valence-corrected chi connectivity index (χ2v) is 7.05. The Morgan fingerprint density at radius 3 is 2.54 bits per heavy atom. The van der Waals surface area contributed by atoms with Gasteiger partial charge in [-0.1, -0.05) is 49.6 Å². The number of imide groups is 1. The van der Waals surface area contributed by atoms with Crippen molar-refractivity contribution in [2.24, 2.45) is 5.92 Å². The molecule has 1 saturated carbocycles. The summed E-state index contributed by atoms with van der Waals surface area (Å²) in [5.41, 5.74) is 1.50. The number of benzene rings is 1. The van der Waals surface area contributed by atoms with E-state index in [1.165, 1.54) is 6.08 Å². The molecule has 1 fully saturated rings. The summed E-state index contributed by atoms with van der Waals surface area (Å²) in [6.45, 7) is 3.35. The Kier molecular flexibility index (Phi) is 7.76. The van der Waals surface area contributed by atoms with Crippen LogP contribution in [0.15, 0.2) is 29.8 Å². The molecule has 0 saturated heterocycles. The Balaban J connectivity index is 1.82. The first-order valence-corrected chi connectivity index (χ1v) is 9.35. The van der Waals surface area contributed by atoms with E-state index in [0.717, 1.165) is 31.2 Å². The van der Waals surface area contributed by atoms with Crippen LogP contribution < -0.4 is 10.6 Å². The number of carbonyl (C=O) groups is 3. The third kappa shape index (κ3) is 6.54. The zero-order valence-electron chi connectivity index (χ0n) is 16.2. The average Bonchev–Trinajstić information content (AvgIpc) is 2.67. The van der Waals surface area contributed by atoms with Gasteiger partial charge in [0.05, 0.1) is 0 Å². The lowest BCUT2D eigenvalue weighted by Gasteiger charge is -2.29. The maximum Gasteiger partial charge on any atom is 0.349 e. The van der Waals surface area contributed by atoms with Crippen LogP contribution in [0.1, 0.15) is 43.7 Å². The first kappa shape index (κ1) is 21.2. The van der Waals surface area contributed by atoms with E-state index < -0.39 is 24.5 Å². The van der Waals surface area contributed by atoms with Crippen molar-refractivity contribution in [2.45, 2.75) is 45.6 Å². The number of hydrogen-bond donors (Lipinski definition) is 2. The number of amides is 3. The van der Waals surface area contributed by atoms with Gasteiger partial charge >= 0.3 is 12.0 Å². The first-order valence-electron chi connectivity index (χ1n) is 9.35. The number of urea groups is 1. The van der Waals surface area contributed by atoms with Crippen LogP contribution in [0, 0.1) is 24.2 Å². The number of rotatable bonds is 5. The van der Waals surface area contributed by atoms with E-state index in [1.54, 1.807) is 18.2 Å². The maximum absolute atomic E-state index is 12.0. The highest BCUT2D eigenvalue weighted by Crippen LogP contribution is 2.23. The molecule has 1 aromatic carbocycles. The van der Waals surface area contributed by atoms with Crippen molar-refractivity contribution in [3.05, 3.63) is 41.0 Å². The molecule has 2 atom stereocenters. The molecule has 28 heavy (non-hydrogen) atoms. The van der Waals surface area contributed by atoms with Crippen molar-refractivity contribution < 1.29 is 19.1 Å². The van der Waals surface area contributed by atoms with Gasteiger partial charge in [-0.15, -0.1) is 0 Å². The largest absolute Gasteiger partial charge is 0.451 e. The number of aryl methyl sites for hydroxylation is 1. The molecule has 7 heteroatoms. The van der Waals surface area contributed by atoms with Crippen LogP contribution in [-0.4, -0.2) is 30.6 Å². The monoisotopic (exact) mass is 383 g/mol. The van der Waals surface area contributed by atoms with Crippen LogP contribution in [0.5, 0.6) is 0 Å². The zero-order chi connectivity index (χ0) is 20.5. The standard InChI is InChI=1S/C21H25N3O4/c1-14-7-9-16(10-8-14)11-17(12-22)20(26)28-13-19(25)24-21(27)23-18-6-4-3-5-15(18)2/h7-11,15,18H,3-6,13H2,1-2H3,(H2,23,24,25,27)/b17-11+/t15-,18+/m1/s1. The molecule has 0 radical (unpaired) electrons. The quantitative estimate of drug-likeness (QED) is 0.462. The second kappa shape index (κ2) is 10.3. The van der Waals surface area contributed by atoms with Gasteiger partial charge in [-0.25, -0.2) is 9.59 Å². The topological polar surface area (TPSA) is 108 Å². The molecule has 1 aromatic rings. The molecule has 1 aliphatic rings. The molecular formula is C21H25N3O4. The number of esters is 1. The minimum Gasteiger partial charge on any atom is -0.451 e. The third-order valence-corrected chi connectivity index (χ3v) is 4.74. The fourth-order valence-corrected chi connectivity index (χ4v) is 3.07. The van der Waals surface area contributed by atoms with Gasteiger partial charge in [-0.3, -0.25) is 10.1 Å². The molecule has 3 amide bonds. The van der Waals surface area contributed by atoms with E-state index in [9.17, 15) is 14.4 Å². The molecule has 0 unspecified atom stereocenters. The van der Waals surface area contributed by atoms with E-state index in [1.807, 2.05) is 19.1 Å². The minimum absolute atomic E-state index is 0.0340. The molecule has 0 bridgehead atoms. The van der Waals surface area contributed by atoms with Crippen molar-refractivity contribution in [3.63, 3.8) is 0 Å². The highest BCUT2D eigenvalue weighted by molar-refractivity contribution is 6.00. The van der Waals surface area contributed by atoms with Gasteiger partial charge in [0.25, 0.3) is 5.91 Å².